The molecule has 0 saturated carbocycles. The van der Waals surface area contributed by atoms with E-state index >= 15 is 0 Å². The van der Waals surface area contributed by atoms with Crippen LogP contribution in [0.25, 0.3) is 11.0 Å². The van der Waals surface area contributed by atoms with Gasteiger partial charge in [-0.3, -0.25) is 4.79 Å². The average Bonchev–Trinajstić information content (AvgIpc) is 3.14. The van der Waals surface area contributed by atoms with Crippen molar-refractivity contribution >= 4 is 22.6 Å². The van der Waals surface area contributed by atoms with Gasteiger partial charge in [-0.25, -0.2) is 9.37 Å². The van der Waals surface area contributed by atoms with Crippen molar-refractivity contribution in [3.05, 3.63) is 58.4 Å². The molecule has 0 bridgehead atoms. The summed E-state index contributed by atoms with van der Waals surface area (Å²) in [5, 5.41) is 0. The van der Waals surface area contributed by atoms with Crippen LogP contribution in [0.3, 0.4) is 0 Å². The summed E-state index contributed by atoms with van der Waals surface area (Å²) in [6.07, 6.45) is -4.77. The fourth-order valence-corrected chi connectivity index (χ4v) is 4.00. The highest BCUT2D eigenvalue weighted by Crippen LogP contribution is 2.35. The highest BCUT2D eigenvalue weighted by Gasteiger charge is 2.38. The van der Waals surface area contributed by atoms with Gasteiger partial charge < -0.3 is 19.9 Å². The quantitative estimate of drug-likeness (QED) is 0.600. The fraction of sp³-hybridized carbons (Fsp3) is 0.364. The van der Waals surface area contributed by atoms with Gasteiger partial charge >= 0.3 is 6.18 Å². The fourth-order valence-electron chi connectivity index (χ4n) is 4.00. The Labute approximate surface area is 181 Å². The minimum Gasteiger partial charge on any atom is -0.378 e. The Morgan fingerprint density at radius 1 is 1.19 bits per heavy atom. The zero-order chi connectivity index (χ0) is 23.0. The molecule has 1 aliphatic rings. The molecule has 0 unspecified atom stereocenters. The summed E-state index contributed by atoms with van der Waals surface area (Å²) < 4.78 is 61.5. The van der Waals surface area contributed by atoms with E-state index in [2.05, 4.69) is 4.98 Å². The summed E-state index contributed by atoms with van der Waals surface area (Å²) in [7, 11) is 0. The Balaban J connectivity index is 1.95. The number of alkyl halides is 4. The largest absolute Gasteiger partial charge is 0.449 e. The van der Waals surface area contributed by atoms with Crippen LogP contribution < -0.4 is 10.6 Å². The summed E-state index contributed by atoms with van der Waals surface area (Å²) >= 11 is 0. The second-order valence-corrected chi connectivity index (χ2v) is 7.68. The van der Waals surface area contributed by atoms with Crippen molar-refractivity contribution in [2.45, 2.75) is 26.3 Å². The molecule has 4 rings (SSSR count). The number of carbonyl (C=O) groups is 1. The number of carbonyl (C=O) groups excluding carboxylic acids is 1. The molecule has 2 aromatic carbocycles. The first-order valence-corrected chi connectivity index (χ1v) is 10.1. The molecule has 0 spiro atoms. The molecule has 2 heterocycles. The number of benzene rings is 2. The SMILES string of the molecule is Cc1c(CF)cccc1Cn1c(C(F)(F)F)nc2c(C(N)=O)cc(N3CCOCC3)cc21. The van der Waals surface area contributed by atoms with Crippen molar-refractivity contribution in [3.63, 3.8) is 0 Å². The molecule has 1 fully saturated rings. The Bertz CT molecular complexity index is 1170. The second kappa shape index (κ2) is 8.42. The summed E-state index contributed by atoms with van der Waals surface area (Å²) in [6, 6.07) is 7.92. The van der Waals surface area contributed by atoms with Crippen molar-refractivity contribution in [2.24, 2.45) is 5.73 Å². The molecule has 1 aliphatic heterocycles. The van der Waals surface area contributed by atoms with Gasteiger partial charge in [0, 0.05) is 25.3 Å². The molecule has 1 aromatic heterocycles. The van der Waals surface area contributed by atoms with E-state index in [0.29, 0.717) is 48.7 Å². The van der Waals surface area contributed by atoms with E-state index < -0.39 is 24.6 Å². The lowest BCUT2D eigenvalue weighted by Gasteiger charge is -2.29. The maximum Gasteiger partial charge on any atom is 0.449 e. The van der Waals surface area contributed by atoms with Crippen molar-refractivity contribution < 1.29 is 27.1 Å². The van der Waals surface area contributed by atoms with Crippen LogP contribution in [-0.4, -0.2) is 41.8 Å². The zero-order valence-electron chi connectivity index (χ0n) is 17.4. The van der Waals surface area contributed by atoms with Crippen LogP contribution in [-0.2, 0) is 24.1 Å². The maximum atomic E-state index is 13.9. The number of rotatable bonds is 5. The smallest absolute Gasteiger partial charge is 0.378 e. The van der Waals surface area contributed by atoms with Crippen LogP contribution in [0.1, 0.15) is 32.9 Å². The van der Waals surface area contributed by atoms with Gasteiger partial charge in [-0.05, 0) is 35.7 Å². The van der Waals surface area contributed by atoms with Gasteiger partial charge in [-0.15, -0.1) is 0 Å². The molecule has 1 amide bonds. The third-order valence-electron chi connectivity index (χ3n) is 5.76. The van der Waals surface area contributed by atoms with Crippen LogP contribution in [0.5, 0.6) is 0 Å². The van der Waals surface area contributed by atoms with Gasteiger partial charge in [0.25, 0.3) is 5.91 Å². The molecule has 6 nitrogen and oxygen atoms in total. The predicted molar refractivity (Wildman–Crippen MR) is 111 cm³/mol. The number of ether oxygens (including phenoxy) is 1. The lowest BCUT2D eigenvalue weighted by molar-refractivity contribution is -0.146. The van der Waals surface area contributed by atoms with E-state index in [4.69, 9.17) is 10.5 Å². The molecular weight excluding hydrogens is 428 g/mol. The molecule has 32 heavy (non-hydrogen) atoms. The van der Waals surface area contributed by atoms with Crippen molar-refractivity contribution in [1.82, 2.24) is 9.55 Å². The van der Waals surface area contributed by atoms with Crippen LogP contribution in [0, 0.1) is 6.92 Å². The topological polar surface area (TPSA) is 73.4 Å². The second-order valence-electron chi connectivity index (χ2n) is 7.68. The van der Waals surface area contributed by atoms with Gasteiger partial charge in [0.2, 0.25) is 5.82 Å². The number of halogens is 4. The average molecular weight is 450 g/mol. The standard InChI is InChI=1S/C22H22F4N4O2/c1-13-14(11-23)3-2-4-15(13)12-30-18-10-16(29-5-7-32-8-6-29)9-17(20(27)31)19(18)28-21(30)22(24,25)26/h2-4,9-10H,5-8,11-12H2,1H3,(H2,27,31). The van der Waals surface area contributed by atoms with E-state index in [-0.39, 0.29) is 23.1 Å². The molecule has 3 aromatic rings. The first-order valence-electron chi connectivity index (χ1n) is 10.1. The minimum atomic E-state index is -4.77. The summed E-state index contributed by atoms with van der Waals surface area (Å²) in [6.45, 7) is 2.76. The first-order chi connectivity index (χ1) is 15.2. The van der Waals surface area contributed by atoms with E-state index in [1.807, 2.05) is 4.90 Å². The molecular formula is C22H22F4N4O2. The molecule has 0 radical (unpaired) electrons. The number of hydrogen-bond acceptors (Lipinski definition) is 4. The third kappa shape index (κ3) is 4.02. The van der Waals surface area contributed by atoms with Crippen LogP contribution >= 0.6 is 0 Å². The van der Waals surface area contributed by atoms with E-state index in [0.717, 1.165) is 4.57 Å². The lowest BCUT2D eigenvalue weighted by atomic mass is 10.0. The Morgan fingerprint density at radius 3 is 2.50 bits per heavy atom. The van der Waals surface area contributed by atoms with Crippen LogP contribution in [0.2, 0.25) is 0 Å². The van der Waals surface area contributed by atoms with Crippen molar-refractivity contribution in [1.29, 1.82) is 0 Å². The number of imidazole rings is 1. The third-order valence-corrected chi connectivity index (χ3v) is 5.76. The summed E-state index contributed by atoms with van der Waals surface area (Å²) in [5.74, 6) is -2.00. The molecule has 2 N–H and O–H groups in total. The van der Waals surface area contributed by atoms with Crippen molar-refractivity contribution in [3.8, 4) is 0 Å². The normalized spacial score (nSPS) is 14.8. The van der Waals surface area contributed by atoms with Gasteiger partial charge in [-0.1, -0.05) is 18.2 Å². The lowest BCUT2D eigenvalue weighted by Crippen LogP contribution is -2.36. The van der Waals surface area contributed by atoms with Crippen LogP contribution in [0.4, 0.5) is 23.2 Å². The number of hydrogen-bond donors (Lipinski definition) is 1. The van der Waals surface area contributed by atoms with Gasteiger partial charge in [0.1, 0.15) is 12.2 Å². The monoisotopic (exact) mass is 450 g/mol. The Hall–Kier alpha value is -3.14. The number of fused-ring (bicyclic) bond motifs is 1. The van der Waals surface area contributed by atoms with Crippen LogP contribution in [0.15, 0.2) is 30.3 Å². The van der Waals surface area contributed by atoms with E-state index in [9.17, 15) is 22.4 Å². The number of nitrogens with two attached hydrogens (primary N) is 1. The van der Waals surface area contributed by atoms with Gasteiger partial charge in [-0.2, -0.15) is 13.2 Å². The highest BCUT2D eigenvalue weighted by molar-refractivity contribution is 6.05. The Kier molecular flexibility index (Phi) is 5.81. The molecule has 0 atom stereocenters. The number of amides is 1. The summed E-state index contributed by atoms with van der Waals surface area (Å²) in [5.41, 5.74) is 7.54. The van der Waals surface area contributed by atoms with Crippen molar-refractivity contribution in [2.75, 3.05) is 31.2 Å². The number of aromatic nitrogens is 2. The molecule has 1 saturated heterocycles. The van der Waals surface area contributed by atoms with E-state index in [1.165, 1.54) is 6.07 Å². The molecule has 170 valence electrons. The highest BCUT2D eigenvalue weighted by atomic mass is 19.4. The number of nitrogens with zero attached hydrogens (tertiary/aromatic N) is 3. The minimum absolute atomic E-state index is 0.0810. The number of primary amides is 1. The molecule has 10 heteroatoms. The van der Waals surface area contributed by atoms with E-state index in [1.54, 1.807) is 31.2 Å². The number of morpholine rings is 1. The maximum absolute atomic E-state index is 13.9. The molecule has 0 aliphatic carbocycles. The summed E-state index contributed by atoms with van der Waals surface area (Å²) in [4.78, 5) is 17.8. The first kappa shape index (κ1) is 22.1. The Morgan fingerprint density at radius 2 is 1.88 bits per heavy atom. The predicted octanol–water partition coefficient (Wildman–Crippen LogP) is 3.82. The van der Waals surface area contributed by atoms with Gasteiger partial charge in [0.15, 0.2) is 0 Å². The zero-order valence-corrected chi connectivity index (χ0v) is 17.4. The van der Waals surface area contributed by atoms with Gasteiger partial charge in [0.05, 0.1) is 24.3 Å². The number of anilines is 1.